The number of aliphatic hydroxyl groups is 1. The number of hydrogen-bond donors (Lipinski definition) is 1. The second-order valence-electron chi connectivity index (χ2n) is 10.9. The molecule has 2 aromatic carbocycles. The Labute approximate surface area is 230 Å². The molecule has 2 heterocycles. The lowest BCUT2D eigenvalue weighted by Gasteiger charge is -2.49. The maximum Gasteiger partial charge on any atom is 0.223 e. The molecule has 2 fully saturated rings. The number of benzene rings is 2. The normalized spacial score (nSPS) is 19.9. The van der Waals surface area contributed by atoms with Crippen LogP contribution in [0.15, 0.2) is 48.5 Å². The van der Waals surface area contributed by atoms with Crippen molar-refractivity contribution in [2.75, 3.05) is 32.7 Å². The van der Waals surface area contributed by atoms with E-state index in [1.165, 1.54) is 0 Å². The molecule has 6 nitrogen and oxygen atoms in total. The summed E-state index contributed by atoms with van der Waals surface area (Å²) in [6, 6.07) is 15.3. The van der Waals surface area contributed by atoms with E-state index in [4.69, 9.17) is 23.2 Å². The Balaban J connectivity index is 1.53. The Kier molecular flexibility index (Phi) is 8.85. The molecule has 2 aromatic rings. The topological polar surface area (TPSA) is 64.1 Å². The number of nitrogens with zero attached hydrogens (tertiary/aromatic N) is 3. The molecular weight excluding hydrogens is 509 g/mol. The molecule has 37 heavy (non-hydrogen) atoms. The van der Waals surface area contributed by atoms with Crippen molar-refractivity contribution < 1.29 is 14.7 Å². The van der Waals surface area contributed by atoms with Gasteiger partial charge in [-0.05, 0) is 68.0 Å². The van der Waals surface area contributed by atoms with Crippen LogP contribution in [-0.2, 0) is 9.59 Å². The molecule has 1 atom stereocenters. The highest BCUT2D eigenvalue weighted by Gasteiger charge is 2.42. The largest absolute Gasteiger partial charge is 0.388 e. The van der Waals surface area contributed by atoms with Crippen LogP contribution >= 0.6 is 23.2 Å². The molecular formula is C29H37Cl2N3O3. The van der Waals surface area contributed by atoms with Crippen molar-refractivity contribution in [3.05, 3.63) is 69.7 Å². The highest BCUT2D eigenvalue weighted by atomic mass is 35.5. The fraction of sp³-hybridized carbons (Fsp3) is 0.517. The zero-order valence-corrected chi connectivity index (χ0v) is 23.4. The maximum atomic E-state index is 13.5. The molecule has 8 heteroatoms. The quantitative estimate of drug-likeness (QED) is 0.553. The van der Waals surface area contributed by atoms with E-state index in [1.54, 1.807) is 20.8 Å². The first-order chi connectivity index (χ1) is 17.5. The van der Waals surface area contributed by atoms with Gasteiger partial charge in [-0.3, -0.25) is 14.5 Å². The average Bonchev–Trinajstić information content (AvgIpc) is 2.86. The second kappa shape index (κ2) is 11.7. The van der Waals surface area contributed by atoms with Crippen LogP contribution in [0.3, 0.4) is 0 Å². The van der Waals surface area contributed by atoms with E-state index in [1.807, 2.05) is 58.3 Å². The molecule has 0 bridgehead atoms. The van der Waals surface area contributed by atoms with Crippen LogP contribution in [0.4, 0.5) is 0 Å². The Morgan fingerprint density at radius 3 is 1.89 bits per heavy atom. The Bertz CT molecular complexity index is 1030. The Hall–Kier alpha value is -2.12. The summed E-state index contributed by atoms with van der Waals surface area (Å²) in [7, 11) is 0. The SMILES string of the molecule is CC(=O)N1CCC(CC(=O)N2CCN(C(c3ccc(Cl)cc3)c3ccc(Cl)cc3)C[C@@H]2C(C)(C)O)CC1. The van der Waals surface area contributed by atoms with Crippen LogP contribution in [0.2, 0.25) is 10.0 Å². The number of carbonyl (C=O) groups is 2. The van der Waals surface area contributed by atoms with Crippen LogP contribution in [0, 0.1) is 5.92 Å². The van der Waals surface area contributed by atoms with E-state index < -0.39 is 5.60 Å². The number of carbonyl (C=O) groups excluding carboxylic acids is 2. The zero-order chi connectivity index (χ0) is 26.7. The van der Waals surface area contributed by atoms with Gasteiger partial charge in [0.15, 0.2) is 0 Å². The van der Waals surface area contributed by atoms with E-state index in [-0.39, 0.29) is 29.8 Å². The van der Waals surface area contributed by atoms with Gasteiger partial charge < -0.3 is 14.9 Å². The second-order valence-corrected chi connectivity index (χ2v) is 11.8. The lowest BCUT2D eigenvalue weighted by Crippen LogP contribution is -2.63. The fourth-order valence-corrected chi connectivity index (χ4v) is 5.91. The minimum Gasteiger partial charge on any atom is -0.388 e. The summed E-state index contributed by atoms with van der Waals surface area (Å²) in [4.78, 5) is 31.2. The van der Waals surface area contributed by atoms with Crippen LogP contribution < -0.4 is 0 Å². The Morgan fingerprint density at radius 2 is 1.43 bits per heavy atom. The summed E-state index contributed by atoms with van der Waals surface area (Å²) >= 11 is 12.4. The number of halogens is 2. The molecule has 0 saturated carbocycles. The van der Waals surface area contributed by atoms with Crippen molar-refractivity contribution in [1.82, 2.24) is 14.7 Å². The van der Waals surface area contributed by atoms with E-state index in [0.717, 1.165) is 24.0 Å². The lowest BCUT2D eigenvalue weighted by molar-refractivity contribution is -0.146. The van der Waals surface area contributed by atoms with Gasteiger partial charge in [0.1, 0.15) is 0 Å². The van der Waals surface area contributed by atoms with Crippen molar-refractivity contribution in [2.24, 2.45) is 5.92 Å². The maximum absolute atomic E-state index is 13.5. The molecule has 0 radical (unpaired) electrons. The fourth-order valence-electron chi connectivity index (χ4n) is 5.66. The van der Waals surface area contributed by atoms with Crippen LogP contribution in [0.5, 0.6) is 0 Å². The van der Waals surface area contributed by atoms with E-state index in [0.29, 0.717) is 49.2 Å². The molecule has 2 saturated heterocycles. The van der Waals surface area contributed by atoms with Gasteiger partial charge in [0.2, 0.25) is 11.8 Å². The smallest absolute Gasteiger partial charge is 0.223 e. The third-order valence-electron chi connectivity index (χ3n) is 7.81. The van der Waals surface area contributed by atoms with Crippen molar-refractivity contribution in [3.8, 4) is 0 Å². The first-order valence-corrected chi connectivity index (χ1v) is 13.8. The Morgan fingerprint density at radius 1 is 0.919 bits per heavy atom. The molecule has 0 spiro atoms. The number of rotatable bonds is 6. The van der Waals surface area contributed by atoms with E-state index in [2.05, 4.69) is 4.90 Å². The summed E-state index contributed by atoms with van der Waals surface area (Å²) in [6.07, 6.45) is 2.14. The number of likely N-dealkylation sites (tertiary alicyclic amines) is 1. The predicted octanol–water partition coefficient (Wildman–Crippen LogP) is 5.02. The predicted molar refractivity (Wildman–Crippen MR) is 148 cm³/mol. The average molecular weight is 547 g/mol. The van der Waals surface area contributed by atoms with Crippen LogP contribution in [0.25, 0.3) is 0 Å². The highest BCUT2D eigenvalue weighted by molar-refractivity contribution is 6.30. The van der Waals surface area contributed by atoms with Crippen LogP contribution in [0.1, 0.15) is 57.2 Å². The number of hydrogen-bond acceptors (Lipinski definition) is 4. The molecule has 2 aliphatic heterocycles. The summed E-state index contributed by atoms with van der Waals surface area (Å²) in [5, 5.41) is 12.5. The van der Waals surface area contributed by atoms with Gasteiger partial charge in [-0.2, -0.15) is 0 Å². The molecule has 0 aliphatic carbocycles. The molecule has 4 rings (SSSR count). The molecule has 1 N–H and O–H groups in total. The van der Waals surface area contributed by atoms with Crippen molar-refractivity contribution in [1.29, 1.82) is 0 Å². The standard InChI is InChI=1S/C29H37Cl2N3O3/c1-20(35)32-14-12-21(13-15-32)18-27(36)34-17-16-33(19-26(34)29(2,3)37)28(22-4-8-24(30)9-5-22)23-6-10-25(31)11-7-23/h4-11,21,26,28,37H,12-19H2,1-3H3/t26-/m1/s1. The van der Waals surface area contributed by atoms with Crippen LogP contribution in [-0.4, -0.2) is 76.0 Å². The lowest BCUT2D eigenvalue weighted by atomic mass is 9.89. The van der Waals surface area contributed by atoms with Gasteiger partial charge in [0.25, 0.3) is 0 Å². The minimum atomic E-state index is -1.07. The third-order valence-corrected chi connectivity index (χ3v) is 8.31. The van der Waals surface area contributed by atoms with E-state index in [9.17, 15) is 14.7 Å². The number of amides is 2. The highest BCUT2D eigenvalue weighted by Crippen LogP contribution is 2.34. The van der Waals surface area contributed by atoms with Crippen molar-refractivity contribution in [2.45, 2.75) is 57.7 Å². The van der Waals surface area contributed by atoms with Gasteiger partial charge in [-0.1, -0.05) is 47.5 Å². The minimum absolute atomic E-state index is 0.0625. The van der Waals surface area contributed by atoms with Gasteiger partial charge in [0.05, 0.1) is 17.7 Å². The summed E-state index contributed by atoms with van der Waals surface area (Å²) < 4.78 is 0. The van der Waals surface area contributed by atoms with Gasteiger partial charge in [0, 0.05) is 56.1 Å². The zero-order valence-electron chi connectivity index (χ0n) is 21.9. The molecule has 200 valence electrons. The molecule has 2 amide bonds. The first-order valence-electron chi connectivity index (χ1n) is 13.0. The first kappa shape index (κ1) is 27.9. The number of piperidine rings is 1. The monoisotopic (exact) mass is 545 g/mol. The van der Waals surface area contributed by atoms with Crippen molar-refractivity contribution in [3.63, 3.8) is 0 Å². The van der Waals surface area contributed by atoms with Crippen molar-refractivity contribution >= 4 is 35.0 Å². The van der Waals surface area contributed by atoms with E-state index >= 15 is 0 Å². The molecule has 0 unspecified atom stereocenters. The third kappa shape index (κ3) is 6.85. The van der Waals surface area contributed by atoms with Gasteiger partial charge in [-0.15, -0.1) is 0 Å². The summed E-state index contributed by atoms with van der Waals surface area (Å²) in [5.74, 6) is 0.445. The molecule has 0 aromatic heterocycles. The summed E-state index contributed by atoms with van der Waals surface area (Å²) in [6.45, 7) is 8.33. The number of piperazine rings is 1. The van der Waals surface area contributed by atoms with Gasteiger partial charge >= 0.3 is 0 Å². The molecule has 2 aliphatic rings. The summed E-state index contributed by atoms with van der Waals surface area (Å²) in [5.41, 5.74) is 1.12. The van der Waals surface area contributed by atoms with Gasteiger partial charge in [-0.25, -0.2) is 0 Å².